The molecular weight excluding hydrogens is 208 g/mol. The van der Waals surface area contributed by atoms with Gasteiger partial charge in [-0.2, -0.15) is 0 Å². The molecule has 16 heavy (non-hydrogen) atoms. The van der Waals surface area contributed by atoms with Gasteiger partial charge < -0.3 is 10.5 Å². The van der Waals surface area contributed by atoms with Crippen LogP contribution >= 0.6 is 0 Å². The van der Waals surface area contributed by atoms with Crippen LogP contribution in [0.4, 0.5) is 0 Å². The minimum atomic E-state index is -0.405. The first-order valence-corrected chi connectivity index (χ1v) is 5.44. The predicted molar refractivity (Wildman–Crippen MR) is 59.6 cm³/mol. The lowest BCUT2D eigenvalue weighted by atomic mass is 10.2. The average Bonchev–Trinajstić information content (AvgIpc) is 2.66. The molecule has 1 aliphatic heterocycles. The molecule has 0 spiro atoms. The SMILES string of the molecule is C=C(CN1CCCC1C(N)=O)C(=O)OCC. The van der Waals surface area contributed by atoms with Crippen LogP contribution in [0.3, 0.4) is 0 Å². The van der Waals surface area contributed by atoms with Crippen LogP contribution in [0.1, 0.15) is 19.8 Å². The van der Waals surface area contributed by atoms with Crippen LogP contribution in [0.5, 0.6) is 0 Å². The van der Waals surface area contributed by atoms with Crippen molar-refractivity contribution in [2.45, 2.75) is 25.8 Å². The van der Waals surface area contributed by atoms with Crippen molar-refractivity contribution in [1.82, 2.24) is 4.90 Å². The topological polar surface area (TPSA) is 72.6 Å². The smallest absolute Gasteiger partial charge is 0.334 e. The Morgan fingerprint density at radius 2 is 2.25 bits per heavy atom. The lowest BCUT2D eigenvalue weighted by molar-refractivity contribution is -0.139. The van der Waals surface area contributed by atoms with Crippen molar-refractivity contribution in [2.24, 2.45) is 5.73 Å². The molecule has 90 valence electrons. The number of rotatable bonds is 5. The molecular formula is C11H18N2O3. The number of nitrogens with zero attached hydrogens (tertiary/aromatic N) is 1. The van der Waals surface area contributed by atoms with E-state index in [0.717, 1.165) is 19.4 Å². The van der Waals surface area contributed by atoms with Gasteiger partial charge in [0.05, 0.1) is 12.6 Å². The summed E-state index contributed by atoms with van der Waals surface area (Å²) in [6, 6.07) is -0.272. The summed E-state index contributed by atoms with van der Waals surface area (Å²) < 4.78 is 4.83. The largest absolute Gasteiger partial charge is 0.463 e. The van der Waals surface area contributed by atoms with E-state index in [9.17, 15) is 9.59 Å². The van der Waals surface area contributed by atoms with Gasteiger partial charge >= 0.3 is 5.97 Å². The lowest BCUT2D eigenvalue weighted by Gasteiger charge is -2.21. The van der Waals surface area contributed by atoms with E-state index in [4.69, 9.17) is 10.5 Å². The number of carbonyl (C=O) groups is 2. The van der Waals surface area contributed by atoms with E-state index in [1.165, 1.54) is 0 Å². The Hall–Kier alpha value is -1.36. The van der Waals surface area contributed by atoms with Gasteiger partial charge in [0.2, 0.25) is 5.91 Å². The van der Waals surface area contributed by atoms with Crippen molar-refractivity contribution in [2.75, 3.05) is 19.7 Å². The molecule has 1 aliphatic rings. The Bertz CT molecular complexity index is 302. The quantitative estimate of drug-likeness (QED) is 0.531. The fourth-order valence-corrected chi connectivity index (χ4v) is 1.88. The second-order valence-electron chi connectivity index (χ2n) is 3.85. The van der Waals surface area contributed by atoms with Gasteiger partial charge in [-0.25, -0.2) is 4.79 Å². The molecule has 1 heterocycles. The molecule has 0 saturated carbocycles. The molecule has 0 aromatic rings. The number of hydrogen-bond acceptors (Lipinski definition) is 4. The number of nitrogens with two attached hydrogens (primary N) is 1. The molecule has 0 aliphatic carbocycles. The van der Waals surface area contributed by atoms with Crippen LogP contribution in [-0.2, 0) is 14.3 Å². The number of likely N-dealkylation sites (tertiary alicyclic amines) is 1. The van der Waals surface area contributed by atoms with Crippen LogP contribution in [0.2, 0.25) is 0 Å². The van der Waals surface area contributed by atoms with Crippen molar-refractivity contribution in [3.8, 4) is 0 Å². The molecule has 5 nitrogen and oxygen atoms in total. The van der Waals surface area contributed by atoms with E-state index in [0.29, 0.717) is 18.7 Å². The molecule has 1 amide bonds. The summed E-state index contributed by atoms with van der Waals surface area (Å²) in [5.74, 6) is -0.744. The Labute approximate surface area is 95.2 Å². The second-order valence-corrected chi connectivity index (χ2v) is 3.85. The lowest BCUT2D eigenvalue weighted by Crippen LogP contribution is -2.41. The maximum atomic E-state index is 11.3. The first kappa shape index (κ1) is 12.7. The van der Waals surface area contributed by atoms with Crippen molar-refractivity contribution < 1.29 is 14.3 Å². The van der Waals surface area contributed by atoms with Gasteiger partial charge in [-0.05, 0) is 26.3 Å². The number of hydrogen-bond donors (Lipinski definition) is 1. The predicted octanol–water partition coefficient (Wildman–Crippen LogP) is 0.0554. The number of primary amides is 1. The van der Waals surface area contributed by atoms with E-state index in [2.05, 4.69) is 6.58 Å². The maximum absolute atomic E-state index is 11.3. The Morgan fingerprint density at radius 3 is 2.81 bits per heavy atom. The van der Waals surface area contributed by atoms with Gasteiger partial charge in [0.15, 0.2) is 0 Å². The van der Waals surface area contributed by atoms with Gasteiger partial charge in [0, 0.05) is 12.1 Å². The van der Waals surface area contributed by atoms with Crippen molar-refractivity contribution in [3.63, 3.8) is 0 Å². The van der Waals surface area contributed by atoms with Gasteiger partial charge in [-0.15, -0.1) is 0 Å². The minimum absolute atomic E-state index is 0.272. The summed E-state index contributed by atoms with van der Waals surface area (Å²) in [7, 11) is 0. The number of amides is 1. The summed E-state index contributed by atoms with van der Waals surface area (Å²) in [5.41, 5.74) is 5.64. The summed E-state index contributed by atoms with van der Waals surface area (Å²) >= 11 is 0. The molecule has 0 radical (unpaired) electrons. The van der Waals surface area contributed by atoms with Crippen molar-refractivity contribution >= 4 is 11.9 Å². The highest BCUT2D eigenvalue weighted by molar-refractivity contribution is 5.88. The molecule has 1 rings (SSSR count). The third-order valence-electron chi connectivity index (χ3n) is 2.65. The fraction of sp³-hybridized carbons (Fsp3) is 0.636. The molecule has 1 saturated heterocycles. The van der Waals surface area contributed by atoms with Crippen molar-refractivity contribution in [3.05, 3.63) is 12.2 Å². The first-order valence-electron chi connectivity index (χ1n) is 5.44. The highest BCUT2D eigenvalue weighted by atomic mass is 16.5. The maximum Gasteiger partial charge on any atom is 0.334 e. The average molecular weight is 226 g/mol. The van der Waals surface area contributed by atoms with Gasteiger partial charge in [-0.1, -0.05) is 6.58 Å². The van der Waals surface area contributed by atoms with Crippen LogP contribution in [0.15, 0.2) is 12.2 Å². The minimum Gasteiger partial charge on any atom is -0.463 e. The standard InChI is InChI=1S/C11H18N2O3/c1-3-16-11(15)8(2)7-13-6-4-5-9(13)10(12)14/h9H,2-7H2,1H3,(H2,12,14). The first-order chi connectivity index (χ1) is 7.56. The monoisotopic (exact) mass is 226 g/mol. The number of ether oxygens (including phenoxy) is 1. The number of carbonyl (C=O) groups excluding carboxylic acids is 2. The molecule has 1 fully saturated rings. The van der Waals surface area contributed by atoms with Crippen LogP contribution in [0, 0.1) is 0 Å². The third-order valence-corrected chi connectivity index (χ3v) is 2.65. The highest BCUT2D eigenvalue weighted by Crippen LogP contribution is 2.18. The Morgan fingerprint density at radius 1 is 1.56 bits per heavy atom. The van der Waals surface area contributed by atoms with Gasteiger partial charge in [0.1, 0.15) is 0 Å². The zero-order chi connectivity index (χ0) is 12.1. The van der Waals surface area contributed by atoms with Crippen molar-refractivity contribution in [1.29, 1.82) is 0 Å². The van der Waals surface area contributed by atoms with E-state index in [-0.39, 0.29) is 11.9 Å². The molecule has 0 aromatic heterocycles. The molecule has 1 unspecified atom stereocenters. The van der Waals surface area contributed by atoms with Crippen LogP contribution in [-0.4, -0.2) is 42.5 Å². The van der Waals surface area contributed by atoms with Gasteiger partial charge in [-0.3, -0.25) is 9.69 Å². The van der Waals surface area contributed by atoms with E-state index in [1.807, 2.05) is 4.90 Å². The van der Waals surface area contributed by atoms with Crippen LogP contribution in [0.25, 0.3) is 0 Å². The molecule has 5 heteroatoms. The van der Waals surface area contributed by atoms with E-state index in [1.54, 1.807) is 6.92 Å². The molecule has 2 N–H and O–H groups in total. The Kier molecular flexibility index (Phi) is 4.49. The molecule has 0 aromatic carbocycles. The third kappa shape index (κ3) is 3.06. The van der Waals surface area contributed by atoms with Gasteiger partial charge in [0.25, 0.3) is 0 Å². The Balaban J connectivity index is 2.50. The van der Waals surface area contributed by atoms with E-state index >= 15 is 0 Å². The molecule has 1 atom stereocenters. The summed E-state index contributed by atoms with van der Waals surface area (Å²) in [6.07, 6.45) is 1.68. The fourth-order valence-electron chi connectivity index (χ4n) is 1.88. The zero-order valence-electron chi connectivity index (χ0n) is 9.57. The summed E-state index contributed by atoms with van der Waals surface area (Å²) in [4.78, 5) is 24.3. The highest BCUT2D eigenvalue weighted by Gasteiger charge is 2.30. The number of esters is 1. The van der Waals surface area contributed by atoms with Crippen LogP contribution < -0.4 is 5.73 Å². The zero-order valence-corrected chi connectivity index (χ0v) is 9.57. The molecule has 0 bridgehead atoms. The summed E-state index contributed by atoms with van der Waals surface area (Å²) in [6.45, 7) is 6.86. The normalized spacial score (nSPS) is 20.7. The van der Waals surface area contributed by atoms with E-state index < -0.39 is 5.97 Å². The summed E-state index contributed by atoms with van der Waals surface area (Å²) in [5, 5.41) is 0. The second kappa shape index (κ2) is 5.65.